The first kappa shape index (κ1) is 25.9. The zero-order valence-corrected chi connectivity index (χ0v) is 21.0. The van der Waals surface area contributed by atoms with Gasteiger partial charge < -0.3 is 19.9 Å². The normalized spacial score (nSPS) is 14.2. The molecule has 184 valence electrons. The molecule has 0 aromatic heterocycles. The maximum Gasteiger partial charge on any atom is 0.187 e. The number of thiocarbonyl (C=S) groups is 1. The van der Waals surface area contributed by atoms with Crippen molar-refractivity contribution in [2.45, 2.75) is 39.7 Å². The number of nitrogens with one attached hydrogen (secondary N) is 2. The Hall–Kier alpha value is -2.71. The van der Waals surface area contributed by atoms with E-state index in [4.69, 9.17) is 17.0 Å². The van der Waals surface area contributed by atoms with Crippen molar-refractivity contribution in [3.63, 3.8) is 0 Å². The molecule has 0 spiro atoms. The molecule has 1 aliphatic heterocycles. The van der Waals surface area contributed by atoms with Crippen molar-refractivity contribution in [1.82, 2.24) is 15.6 Å². The second kappa shape index (κ2) is 13.9. The summed E-state index contributed by atoms with van der Waals surface area (Å²) in [5.74, 6) is 0.454. The highest BCUT2D eigenvalue weighted by Gasteiger charge is 2.10. The first-order chi connectivity index (χ1) is 16.6. The summed E-state index contributed by atoms with van der Waals surface area (Å²) >= 11 is 5.36. The number of piperidine rings is 1. The van der Waals surface area contributed by atoms with Crippen molar-refractivity contribution in [2.24, 2.45) is 5.10 Å². The molecule has 0 bridgehead atoms. The molecule has 2 aromatic rings. The van der Waals surface area contributed by atoms with Gasteiger partial charge >= 0.3 is 0 Å². The molecule has 0 radical (unpaired) electrons. The number of hydrogen-bond donors (Lipinski definition) is 2. The summed E-state index contributed by atoms with van der Waals surface area (Å²) in [5, 5.41) is 8.03. The van der Waals surface area contributed by atoms with Crippen LogP contribution in [-0.2, 0) is 6.61 Å². The average molecular weight is 486 g/mol. The van der Waals surface area contributed by atoms with Crippen LogP contribution in [0.2, 0.25) is 0 Å². The van der Waals surface area contributed by atoms with E-state index < -0.39 is 0 Å². The van der Waals surface area contributed by atoms with Gasteiger partial charge in [0.15, 0.2) is 5.11 Å². The number of hydrazone groups is 1. The van der Waals surface area contributed by atoms with Crippen molar-refractivity contribution >= 4 is 29.2 Å². The number of rotatable bonds is 11. The fourth-order valence-corrected chi connectivity index (χ4v) is 4.15. The van der Waals surface area contributed by atoms with Crippen molar-refractivity contribution in [1.29, 1.82) is 0 Å². The molecule has 1 heterocycles. The molecule has 2 aromatic carbocycles. The smallest absolute Gasteiger partial charge is 0.187 e. The first-order valence-electron chi connectivity index (χ1n) is 12.1. The summed E-state index contributed by atoms with van der Waals surface area (Å²) in [7, 11) is 0. The number of halogens is 1. The molecule has 0 aliphatic carbocycles. The van der Waals surface area contributed by atoms with Crippen LogP contribution in [-0.4, -0.2) is 55.5 Å². The maximum atomic E-state index is 13.2. The lowest BCUT2D eigenvalue weighted by Gasteiger charge is -2.26. The minimum absolute atomic E-state index is 0.258. The van der Waals surface area contributed by atoms with Gasteiger partial charge in [-0.3, -0.25) is 5.43 Å². The van der Waals surface area contributed by atoms with E-state index in [1.807, 2.05) is 12.1 Å². The highest BCUT2D eigenvalue weighted by molar-refractivity contribution is 7.80. The van der Waals surface area contributed by atoms with E-state index in [1.165, 1.54) is 44.5 Å². The molecule has 0 atom stereocenters. The minimum atomic E-state index is -0.258. The molecule has 8 heteroatoms. The van der Waals surface area contributed by atoms with Crippen LogP contribution >= 0.6 is 12.2 Å². The van der Waals surface area contributed by atoms with Crippen LogP contribution in [0.1, 0.15) is 44.2 Å². The Morgan fingerprint density at radius 1 is 1.12 bits per heavy atom. The molecule has 1 saturated heterocycles. The number of hydrogen-bond acceptors (Lipinski definition) is 5. The van der Waals surface area contributed by atoms with Crippen LogP contribution in [0.25, 0.3) is 0 Å². The molecule has 0 saturated carbocycles. The molecule has 0 amide bonds. The number of likely N-dealkylation sites (tertiary alicyclic amines) is 1. The van der Waals surface area contributed by atoms with Gasteiger partial charge in [0.2, 0.25) is 0 Å². The Kier molecular flexibility index (Phi) is 10.6. The Bertz CT molecular complexity index is 927. The topological polar surface area (TPSA) is 52.1 Å². The Balaban J connectivity index is 1.59. The van der Waals surface area contributed by atoms with E-state index in [-0.39, 0.29) is 5.82 Å². The van der Waals surface area contributed by atoms with Crippen LogP contribution in [0.5, 0.6) is 5.75 Å². The van der Waals surface area contributed by atoms with E-state index in [0.29, 0.717) is 17.5 Å². The summed E-state index contributed by atoms with van der Waals surface area (Å²) < 4.78 is 19.3. The molecule has 1 aliphatic rings. The van der Waals surface area contributed by atoms with Crippen molar-refractivity contribution in [2.75, 3.05) is 44.2 Å². The highest BCUT2D eigenvalue weighted by Crippen LogP contribution is 2.26. The van der Waals surface area contributed by atoms with Gasteiger partial charge in [-0.25, -0.2) is 4.39 Å². The standard InChI is InChI=1S/C26H36FN5OS/c1-3-32(4-2)24-13-10-22(25(18-24)33-20-21-8-11-23(27)12-9-21)19-29-30-26(34)28-14-17-31-15-6-5-7-16-31/h8-13,18-19H,3-7,14-17,20H2,1-2H3,(H2,28,30,34)/b29-19+. The summed E-state index contributed by atoms with van der Waals surface area (Å²) in [4.78, 5) is 4.72. The van der Waals surface area contributed by atoms with Gasteiger partial charge in [-0.1, -0.05) is 18.6 Å². The van der Waals surface area contributed by atoms with Gasteiger partial charge in [-0.15, -0.1) is 0 Å². The minimum Gasteiger partial charge on any atom is -0.488 e. The Labute approximate surface area is 208 Å². The fourth-order valence-electron chi connectivity index (χ4n) is 3.99. The number of nitrogens with zero attached hydrogens (tertiary/aromatic N) is 3. The third kappa shape index (κ3) is 8.25. The van der Waals surface area contributed by atoms with Gasteiger partial charge in [0, 0.05) is 43.5 Å². The average Bonchev–Trinajstić information content (AvgIpc) is 2.86. The largest absolute Gasteiger partial charge is 0.488 e. The maximum absolute atomic E-state index is 13.2. The zero-order valence-electron chi connectivity index (χ0n) is 20.2. The summed E-state index contributed by atoms with van der Waals surface area (Å²) in [6.07, 6.45) is 5.62. The highest BCUT2D eigenvalue weighted by atomic mass is 32.1. The number of benzene rings is 2. The molecular weight excluding hydrogens is 449 g/mol. The van der Waals surface area contributed by atoms with E-state index in [0.717, 1.165) is 43.0 Å². The van der Waals surface area contributed by atoms with Gasteiger partial charge in [0.05, 0.1) is 6.21 Å². The lowest BCUT2D eigenvalue weighted by molar-refractivity contribution is 0.232. The Morgan fingerprint density at radius 3 is 2.56 bits per heavy atom. The predicted octanol–water partition coefficient (Wildman–Crippen LogP) is 4.53. The van der Waals surface area contributed by atoms with E-state index in [2.05, 4.69) is 45.6 Å². The lowest BCUT2D eigenvalue weighted by atomic mass is 10.1. The third-order valence-electron chi connectivity index (χ3n) is 5.97. The first-order valence-corrected chi connectivity index (χ1v) is 12.6. The molecular formula is C26H36FN5OS. The van der Waals surface area contributed by atoms with Gasteiger partial charge in [0.25, 0.3) is 0 Å². The molecule has 0 unspecified atom stereocenters. The fraction of sp³-hybridized carbons (Fsp3) is 0.462. The van der Waals surface area contributed by atoms with E-state index >= 15 is 0 Å². The second-order valence-corrected chi connectivity index (χ2v) is 8.75. The predicted molar refractivity (Wildman–Crippen MR) is 142 cm³/mol. The van der Waals surface area contributed by atoms with Crippen molar-refractivity contribution in [3.05, 3.63) is 59.4 Å². The number of anilines is 1. The molecule has 6 nitrogen and oxygen atoms in total. The van der Waals surface area contributed by atoms with Crippen LogP contribution in [0.3, 0.4) is 0 Å². The van der Waals surface area contributed by atoms with Gasteiger partial charge in [-0.05, 0) is 81.8 Å². The van der Waals surface area contributed by atoms with Gasteiger partial charge in [-0.2, -0.15) is 5.10 Å². The molecule has 34 heavy (non-hydrogen) atoms. The molecule has 3 rings (SSSR count). The summed E-state index contributed by atoms with van der Waals surface area (Å²) in [6.45, 7) is 10.5. The van der Waals surface area contributed by atoms with Crippen LogP contribution in [0, 0.1) is 5.82 Å². The van der Waals surface area contributed by atoms with Crippen LogP contribution in [0.4, 0.5) is 10.1 Å². The molecule has 1 fully saturated rings. The molecule has 2 N–H and O–H groups in total. The lowest BCUT2D eigenvalue weighted by Crippen LogP contribution is -2.40. The quantitative estimate of drug-likeness (QED) is 0.277. The van der Waals surface area contributed by atoms with Crippen molar-refractivity contribution < 1.29 is 9.13 Å². The Morgan fingerprint density at radius 2 is 1.85 bits per heavy atom. The zero-order chi connectivity index (χ0) is 24.2. The second-order valence-electron chi connectivity index (χ2n) is 8.34. The third-order valence-corrected chi connectivity index (χ3v) is 6.20. The SMILES string of the molecule is CCN(CC)c1ccc(/C=N/NC(=S)NCCN2CCCCC2)c(OCc2ccc(F)cc2)c1. The van der Waals surface area contributed by atoms with E-state index in [9.17, 15) is 4.39 Å². The van der Waals surface area contributed by atoms with E-state index in [1.54, 1.807) is 18.3 Å². The number of ether oxygens (including phenoxy) is 1. The van der Waals surface area contributed by atoms with Gasteiger partial charge in [0.1, 0.15) is 18.2 Å². The van der Waals surface area contributed by atoms with Crippen molar-refractivity contribution in [3.8, 4) is 5.75 Å². The monoisotopic (exact) mass is 485 g/mol. The summed E-state index contributed by atoms with van der Waals surface area (Å²) in [6, 6.07) is 12.4. The summed E-state index contributed by atoms with van der Waals surface area (Å²) in [5.41, 5.74) is 5.71. The van der Waals surface area contributed by atoms with Crippen LogP contribution < -0.4 is 20.4 Å². The van der Waals surface area contributed by atoms with Crippen LogP contribution in [0.15, 0.2) is 47.6 Å².